The number of unbranched alkanes of at least 4 members (excludes halogenated alkanes) is 1. The molecule has 0 aromatic rings. The molecule has 0 radical (unpaired) electrons. The Bertz CT molecular complexity index is 212. The molecule has 0 rings (SSSR count). The monoisotopic (exact) mass is 226 g/mol. The normalized spacial score (nSPS) is 13.3. The molecule has 1 unspecified atom stereocenters. The van der Waals surface area contributed by atoms with E-state index in [2.05, 4.69) is 24.4 Å². The Morgan fingerprint density at radius 2 is 1.94 bits per heavy atom. The van der Waals surface area contributed by atoms with Gasteiger partial charge in [-0.15, -0.1) is 0 Å². The lowest BCUT2D eigenvalue weighted by Crippen LogP contribution is -2.23. The molecular weight excluding hydrogens is 200 g/mol. The maximum atomic E-state index is 11.3. The second kappa shape index (κ2) is 9.37. The predicted molar refractivity (Wildman–Crippen MR) is 69.4 cm³/mol. The Kier molecular flexibility index (Phi) is 8.87. The van der Waals surface area contributed by atoms with E-state index in [-0.39, 0.29) is 11.8 Å². The van der Waals surface area contributed by atoms with Crippen molar-refractivity contribution in [3.8, 4) is 0 Å². The molecule has 0 aromatic carbocycles. The maximum absolute atomic E-state index is 11.3. The van der Waals surface area contributed by atoms with E-state index in [0.29, 0.717) is 5.92 Å². The van der Waals surface area contributed by atoms with Gasteiger partial charge in [0.05, 0.1) is 0 Å². The highest BCUT2D eigenvalue weighted by Gasteiger charge is 2.06. The van der Waals surface area contributed by atoms with E-state index in [4.69, 9.17) is 0 Å². The maximum Gasteiger partial charge on any atom is 0.242 e. The molecule has 0 heterocycles. The first-order valence-electron chi connectivity index (χ1n) is 6.44. The number of nitrogens with one attached hydrogen (secondary N) is 1. The second-order valence-electron chi connectivity index (χ2n) is 4.60. The van der Waals surface area contributed by atoms with Crippen LogP contribution in [0.25, 0.3) is 0 Å². The Balaban J connectivity index is 3.96. The van der Waals surface area contributed by atoms with Gasteiger partial charge in [0.1, 0.15) is 0 Å². The third-order valence-corrected chi connectivity index (χ3v) is 2.57. The van der Waals surface area contributed by atoms with Crippen LogP contribution in [0.1, 0.15) is 59.8 Å². The Labute approximate surface area is 99.7 Å². The van der Waals surface area contributed by atoms with Crippen molar-refractivity contribution >= 4 is 12.1 Å². The molecule has 0 aliphatic rings. The molecule has 16 heavy (non-hydrogen) atoms. The molecular formula is C13H26N2O. The lowest BCUT2D eigenvalue weighted by atomic mass is 9.99. The van der Waals surface area contributed by atoms with Crippen molar-refractivity contribution in [1.29, 1.82) is 0 Å². The minimum Gasteiger partial charge on any atom is -0.273 e. The van der Waals surface area contributed by atoms with Gasteiger partial charge < -0.3 is 0 Å². The van der Waals surface area contributed by atoms with Crippen LogP contribution < -0.4 is 5.43 Å². The number of hydrogen-bond acceptors (Lipinski definition) is 2. The largest absolute Gasteiger partial charge is 0.273 e. The van der Waals surface area contributed by atoms with Crippen LogP contribution in [0.15, 0.2) is 5.10 Å². The van der Waals surface area contributed by atoms with Crippen molar-refractivity contribution in [3.63, 3.8) is 0 Å². The van der Waals surface area contributed by atoms with Gasteiger partial charge in [0, 0.05) is 12.1 Å². The molecule has 94 valence electrons. The summed E-state index contributed by atoms with van der Waals surface area (Å²) < 4.78 is 0. The Hall–Kier alpha value is -0.860. The number of hydrogen-bond donors (Lipinski definition) is 1. The third kappa shape index (κ3) is 7.43. The molecule has 0 aliphatic heterocycles. The van der Waals surface area contributed by atoms with E-state index >= 15 is 0 Å². The SMILES string of the molecule is CCCCC(/C=N/NC(=O)C(C)C)CCC. The molecule has 1 N–H and O–H groups in total. The van der Waals surface area contributed by atoms with Crippen molar-refractivity contribution < 1.29 is 4.79 Å². The van der Waals surface area contributed by atoms with Gasteiger partial charge in [-0.3, -0.25) is 4.79 Å². The summed E-state index contributed by atoms with van der Waals surface area (Å²) in [6.45, 7) is 8.11. The van der Waals surface area contributed by atoms with Crippen LogP contribution in [-0.2, 0) is 4.79 Å². The van der Waals surface area contributed by atoms with E-state index < -0.39 is 0 Å². The summed E-state index contributed by atoms with van der Waals surface area (Å²) in [5.41, 5.74) is 2.58. The summed E-state index contributed by atoms with van der Waals surface area (Å²) in [7, 11) is 0. The standard InChI is InChI=1S/C13H26N2O/c1-5-7-9-12(8-6-2)10-14-15-13(16)11(3)4/h10-12H,5-9H2,1-4H3,(H,15,16)/b14-10+. The molecule has 1 amide bonds. The highest BCUT2D eigenvalue weighted by molar-refractivity contribution is 5.78. The number of carbonyl (C=O) groups excluding carboxylic acids is 1. The molecule has 0 bridgehead atoms. The van der Waals surface area contributed by atoms with E-state index in [0.717, 1.165) is 6.42 Å². The second-order valence-corrected chi connectivity index (χ2v) is 4.60. The van der Waals surface area contributed by atoms with Crippen LogP contribution in [0.5, 0.6) is 0 Å². The van der Waals surface area contributed by atoms with Crippen LogP contribution in [-0.4, -0.2) is 12.1 Å². The molecule has 0 saturated carbocycles. The first-order chi connectivity index (χ1) is 7.61. The van der Waals surface area contributed by atoms with Crippen molar-refractivity contribution in [1.82, 2.24) is 5.43 Å². The fraction of sp³-hybridized carbons (Fsp3) is 0.846. The van der Waals surface area contributed by atoms with Gasteiger partial charge in [0.25, 0.3) is 0 Å². The number of rotatable bonds is 8. The summed E-state index contributed by atoms with van der Waals surface area (Å²) in [5, 5.41) is 4.04. The summed E-state index contributed by atoms with van der Waals surface area (Å²) in [6.07, 6.45) is 7.84. The minimum absolute atomic E-state index is 0.00239. The van der Waals surface area contributed by atoms with Crippen molar-refractivity contribution in [2.75, 3.05) is 0 Å². The van der Waals surface area contributed by atoms with Crippen LogP contribution in [0.3, 0.4) is 0 Å². The van der Waals surface area contributed by atoms with E-state index in [9.17, 15) is 4.79 Å². The zero-order chi connectivity index (χ0) is 12.4. The summed E-state index contributed by atoms with van der Waals surface area (Å²) in [6, 6.07) is 0. The number of amides is 1. The first kappa shape index (κ1) is 15.1. The van der Waals surface area contributed by atoms with Crippen LogP contribution >= 0.6 is 0 Å². The van der Waals surface area contributed by atoms with Gasteiger partial charge in [0.15, 0.2) is 0 Å². The van der Waals surface area contributed by atoms with Crippen LogP contribution in [0, 0.1) is 11.8 Å². The number of nitrogens with zero attached hydrogens (tertiary/aromatic N) is 1. The first-order valence-corrected chi connectivity index (χ1v) is 6.44. The quantitative estimate of drug-likeness (QED) is 0.500. The predicted octanol–water partition coefficient (Wildman–Crippen LogP) is 3.35. The zero-order valence-electron chi connectivity index (χ0n) is 11.1. The van der Waals surface area contributed by atoms with Crippen LogP contribution in [0.4, 0.5) is 0 Å². The lowest BCUT2D eigenvalue weighted by molar-refractivity contribution is -0.123. The zero-order valence-corrected chi connectivity index (χ0v) is 11.1. The van der Waals surface area contributed by atoms with Gasteiger partial charge in [-0.25, -0.2) is 5.43 Å². The summed E-state index contributed by atoms with van der Waals surface area (Å²) in [4.78, 5) is 11.3. The average molecular weight is 226 g/mol. The molecule has 3 heteroatoms. The van der Waals surface area contributed by atoms with E-state index in [1.54, 1.807) is 0 Å². The van der Waals surface area contributed by atoms with Gasteiger partial charge in [0.2, 0.25) is 5.91 Å². The van der Waals surface area contributed by atoms with E-state index in [1.165, 1.54) is 25.7 Å². The van der Waals surface area contributed by atoms with E-state index in [1.807, 2.05) is 20.1 Å². The van der Waals surface area contributed by atoms with Gasteiger partial charge in [-0.2, -0.15) is 5.10 Å². The summed E-state index contributed by atoms with van der Waals surface area (Å²) in [5.74, 6) is 0.497. The molecule has 1 atom stereocenters. The minimum atomic E-state index is -0.0120. The smallest absolute Gasteiger partial charge is 0.242 e. The molecule has 0 saturated heterocycles. The van der Waals surface area contributed by atoms with Crippen molar-refractivity contribution in [2.24, 2.45) is 16.9 Å². The molecule has 0 aliphatic carbocycles. The molecule has 0 aromatic heterocycles. The topological polar surface area (TPSA) is 41.5 Å². The highest BCUT2D eigenvalue weighted by atomic mass is 16.2. The summed E-state index contributed by atoms with van der Waals surface area (Å²) >= 11 is 0. The van der Waals surface area contributed by atoms with Gasteiger partial charge >= 0.3 is 0 Å². The average Bonchev–Trinajstić information content (AvgIpc) is 2.25. The van der Waals surface area contributed by atoms with Crippen molar-refractivity contribution in [2.45, 2.75) is 59.8 Å². The molecule has 0 fully saturated rings. The highest BCUT2D eigenvalue weighted by Crippen LogP contribution is 2.12. The number of hydrazone groups is 1. The molecule has 3 nitrogen and oxygen atoms in total. The fourth-order valence-corrected chi connectivity index (χ4v) is 1.47. The van der Waals surface area contributed by atoms with Gasteiger partial charge in [-0.05, 0) is 18.8 Å². The number of carbonyl (C=O) groups is 1. The fourth-order valence-electron chi connectivity index (χ4n) is 1.47. The Morgan fingerprint density at radius 3 is 2.44 bits per heavy atom. The Morgan fingerprint density at radius 1 is 1.25 bits per heavy atom. The molecule has 0 spiro atoms. The van der Waals surface area contributed by atoms with Crippen LogP contribution in [0.2, 0.25) is 0 Å². The van der Waals surface area contributed by atoms with Crippen molar-refractivity contribution in [3.05, 3.63) is 0 Å². The third-order valence-electron chi connectivity index (χ3n) is 2.57. The van der Waals surface area contributed by atoms with Gasteiger partial charge in [-0.1, -0.05) is 47.0 Å². The lowest BCUT2D eigenvalue weighted by Gasteiger charge is -2.10.